The van der Waals surface area contributed by atoms with E-state index in [0.717, 1.165) is 86.7 Å². The summed E-state index contributed by atoms with van der Waals surface area (Å²) in [7, 11) is 0. The van der Waals surface area contributed by atoms with Crippen LogP contribution in [0.2, 0.25) is 0 Å². The number of carbonyl (C=O) groups is 2. The van der Waals surface area contributed by atoms with E-state index in [9.17, 15) is 9.59 Å². The summed E-state index contributed by atoms with van der Waals surface area (Å²) in [5, 5.41) is 25.7. The zero-order chi connectivity index (χ0) is 38.1. The summed E-state index contributed by atoms with van der Waals surface area (Å²) in [4.78, 5) is 27.8. The second kappa shape index (κ2) is 24.7. The number of carbonyl (C=O) groups excluding carboxylic acids is 2. The Kier molecular flexibility index (Phi) is 20.5. The van der Waals surface area contributed by atoms with Crippen LogP contribution in [0.25, 0.3) is 22.5 Å². The molecule has 0 spiro atoms. The summed E-state index contributed by atoms with van der Waals surface area (Å²) < 4.78 is 14.5. The number of nitrogens with zero attached hydrogens (tertiary/aromatic N) is 4. The first-order chi connectivity index (χ1) is 26.4. The Balaban J connectivity index is 0.000000290. The van der Waals surface area contributed by atoms with Crippen molar-refractivity contribution in [1.82, 2.24) is 10.3 Å². The third-order valence-corrected chi connectivity index (χ3v) is 11.6. The van der Waals surface area contributed by atoms with Gasteiger partial charge in [-0.1, -0.05) is 119 Å². The zero-order valence-electron chi connectivity index (χ0n) is 31.9. The Bertz CT molecular complexity index is 1900. The molecule has 0 unspecified atom stereocenters. The molecule has 0 radical (unpaired) electrons. The lowest BCUT2D eigenvalue weighted by atomic mass is 10.1. The minimum Gasteiger partial charge on any atom is -1.00 e. The lowest BCUT2D eigenvalue weighted by Gasteiger charge is -1.98. The van der Waals surface area contributed by atoms with Crippen molar-refractivity contribution < 1.29 is 67.4 Å². The van der Waals surface area contributed by atoms with E-state index in [1.165, 1.54) is 9.75 Å². The Labute approximate surface area is 353 Å². The molecule has 4 heterocycles. The van der Waals surface area contributed by atoms with Crippen LogP contribution >= 0.6 is 22.7 Å². The van der Waals surface area contributed by atoms with Crippen LogP contribution in [-0.2, 0) is 25.9 Å². The number of ketones is 2. The van der Waals surface area contributed by atoms with Crippen molar-refractivity contribution in [3.8, 4) is 22.5 Å². The summed E-state index contributed by atoms with van der Waals surface area (Å²) in [5.41, 5.74) is 9.50. The van der Waals surface area contributed by atoms with Crippen molar-refractivity contribution in [2.75, 3.05) is 13.2 Å². The molecular formula is C42H50BrClN4O6S2. The first-order valence-electron chi connectivity index (χ1n) is 18.6. The number of hydrogen-bond donors (Lipinski definition) is 2. The molecule has 14 heteroatoms. The van der Waals surface area contributed by atoms with Gasteiger partial charge in [-0.25, -0.2) is 0 Å². The van der Waals surface area contributed by atoms with E-state index in [1.807, 2.05) is 80.8 Å². The predicted octanol–water partition coefficient (Wildman–Crippen LogP) is 1.96. The van der Waals surface area contributed by atoms with E-state index in [4.69, 9.17) is 19.3 Å². The Morgan fingerprint density at radius 1 is 0.607 bits per heavy atom. The first kappa shape index (κ1) is 46.5. The number of unbranched alkanes of at least 4 members (excludes halogenated alkanes) is 6. The highest BCUT2D eigenvalue weighted by atomic mass is 79.9. The number of aryl methyl sites for hydroxylation is 2. The molecule has 2 aromatic carbocycles. The van der Waals surface area contributed by atoms with E-state index in [2.05, 4.69) is 24.2 Å². The minimum absolute atomic E-state index is 0. The molecule has 10 nitrogen and oxygen atoms in total. The highest BCUT2D eigenvalue weighted by Gasteiger charge is 2.24. The maximum Gasteiger partial charge on any atom is 0.265 e. The number of Topliss-reactive ketones (excluding diaryl/α,β-unsaturated/α-hetero) is 2. The van der Waals surface area contributed by atoms with E-state index in [1.54, 1.807) is 34.8 Å². The SMILES string of the molecule is Cc1c(CCCCCCO)sc[n+]1CC(=O)c1cc(-c2ccccc2)no1.Cc1c(CCCCCCO)sc[n+]1CC(=O)c1cc(-c2ccccc2)no1.[Br-].[Cl-]. The van der Waals surface area contributed by atoms with Crippen LogP contribution in [0.5, 0.6) is 0 Å². The van der Waals surface area contributed by atoms with Gasteiger partial charge in [0.25, 0.3) is 11.6 Å². The second-order valence-corrected chi connectivity index (χ2v) is 15.1. The second-order valence-electron chi connectivity index (χ2n) is 13.2. The van der Waals surface area contributed by atoms with Crippen molar-refractivity contribution in [3.63, 3.8) is 0 Å². The molecule has 300 valence electrons. The fourth-order valence-corrected chi connectivity index (χ4v) is 8.04. The Morgan fingerprint density at radius 2 is 0.982 bits per heavy atom. The largest absolute Gasteiger partial charge is 1.00 e. The fraction of sp³-hybridized carbons (Fsp3) is 0.381. The summed E-state index contributed by atoms with van der Waals surface area (Å²) in [6.45, 7) is 5.18. The van der Waals surface area contributed by atoms with Gasteiger partial charge in [0.1, 0.15) is 11.4 Å². The molecule has 0 atom stereocenters. The third kappa shape index (κ3) is 13.7. The molecule has 0 saturated heterocycles. The van der Waals surface area contributed by atoms with E-state index in [-0.39, 0.29) is 78.8 Å². The molecule has 0 fully saturated rings. The van der Waals surface area contributed by atoms with Crippen LogP contribution in [-0.4, -0.2) is 45.3 Å². The number of thiazole rings is 2. The molecule has 0 saturated carbocycles. The van der Waals surface area contributed by atoms with E-state index in [0.29, 0.717) is 11.4 Å². The molecule has 0 aliphatic carbocycles. The quantitative estimate of drug-likeness (QED) is 0.0676. The molecule has 56 heavy (non-hydrogen) atoms. The number of halogens is 2. The number of hydrogen-bond acceptors (Lipinski definition) is 10. The highest BCUT2D eigenvalue weighted by molar-refractivity contribution is 7.09. The molecule has 0 amide bonds. The van der Waals surface area contributed by atoms with Gasteiger partial charge in [0.05, 0.1) is 9.75 Å². The normalized spacial score (nSPS) is 10.6. The van der Waals surface area contributed by atoms with Crippen LogP contribution in [0, 0.1) is 13.8 Å². The zero-order valence-corrected chi connectivity index (χ0v) is 35.8. The number of aliphatic hydroxyl groups excluding tert-OH is 2. The molecule has 0 aliphatic heterocycles. The number of benzene rings is 2. The number of aliphatic hydroxyl groups is 2. The lowest BCUT2D eigenvalue weighted by Crippen LogP contribution is -3.00. The fourth-order valence-electron chi connectivity index (χ4n) is 5.97. The highest BCUT2D eigenvalue weighted by Crippen LogP contribution is 2.21. The van der Waals surface area contributed by atoms with Gasteiger partial charge in [0, 0.05) is 50.3 Å². The average molecular weight is 886 g/mol. The van der Waals surface area contributed by atoms with Gasteiger partial charge in [0.2, 0.25) is 35.6 Å². The summed E-state index contributed by atoms with van der Waals surface area (Å²) in [5.74, 6) is 0.421. The van der Waals surface area contributed by atoms with Crippen LogP contribution in [0.15, 0.2) is 92.9 Å². The maximum absolute atomic E-state index is 12.6. The summed E-state index contributed by atoms with van der Waals surface area (Å²) >= 11 is 3.39. The summed E-state index contributed by atoms with van der Waals surface area (Å²) in [6, 6.07) is 22.8. The molecule has 2 N–H and O–H groups in total. The Hall–Kier alpha value is -3.85. The van der Waals surface area contributed by atoms with Gasteiger partial charge >= 0.3 is 0 Å². The van der Waals surface area contributed by atoms with Crippen LogP contribution in [0.4, 0.5) is 0 Å². The predicted molar refractivity (Wildman–Crippen MR) is 210 cm³/mol. The molecule has 6 rings (SSSR count). The number of aromatic nitrogens is 4. The Morgan fingerprint density at radius 3 is 1.36 bits per heavy atom. The molecule has 6 aromatic rings. The third-order valence-electron chi connectivity index (χ3n) is 9.27. The van der Waals surface area contributed by atoms with Crippen molar-refractivity contribution in [2.45, 2.75) is 91.1 Å². The van der Waals surface area contributed by atoms with Gasteiger partial charge in [-0.2, -0.15) is 9.13 Å². The van der Waals surface area contributed by atoms with Crippen LogP contribution in [0.3, 0.4) is 0 Å². The van der Waals surface area contributed by atoms with E-state index < -0.39 is 0 Å². The van der Waals surface area contributed by atoms with E-state index >= 15 is 0 Å². The average Bonchev–Trinajstić information content (AvgIpc) is 4.02. The van der Waals surface area contributed by atoms with Gasteiger partial charge in [-0.3, -0.25) is 9.59 Å². The lowest BCUT2D eigenvalue weighted by molar-refractivity contribution is -0.684. The van der Waals surface area contributed by atoms with Gasteiger partial charge < -0.3 is 48.6 Å². The van der Waals surface area contributed by atoms with Gasteiger partial charge in [0.15, 0.2) is 11.4 Å². The molecular weight excluding hydrogens is 836 g/mol. The van der Waals surface area contributed by atoms with Crippen molar-refractivity contribution in [2.24, 2.45) is 0 Å². The molecule has 0 bridgehead atoms. The maximum atomic E-state index is 12.6. The topological polar surface area (TPSA) is 134 Å². The molecule has 0 aliphatic rings. The standard InChI is InChI=1S/2C21H25N2O3S.BrH.ClH/c2*1-16-21(11-7-2-3-8-12-24)27-15-23(16)14-19(25)20-13-18(22-26-20)17-9-5-4-6-10-17;;/h2*4-6,9-10,13,15,24H,2-3,7-8,11-12,14H2,1H3;2*1H/q2*+1;;/p-2. The van der Waals surface area contributed by atoms with Gasteiger partial charge in [-0.05, 0) is 38.5 Å². The number of rotatable bonds is 20. The van der Waals surface area contributed by atoms with Crippen molar-refractivity contribution in [1.29, 1.82) is 0 Å². The van der Waals surface area contributed by atoms with Crippen molar-refractivity contribution in [3.05, 3.63) is 116 Å². The minimum atomic E-state index is -0.0786. The smallest absolute Gasteiger partial charge is 0.265 e. The monoisotopic (exact) mass is 884 g/mol. The van der Waals surface area contributed by atoms with Crippen LogP contribution < -0.4 is 38.5 Å². The first-order valence-corrected chi connectivity index (χ1v) is 20.4. The van der Waals surface area contributed by atoms with Crippen molar-refractivity contribution >= 4 is 34.2 Å². The molecule has 4 aromatic heterocycles. The van der Waals surface area contributed by atoms with Gasteiger partial charge in [-0.15, -0.1) is 0 Å². The summed E-state index contributed by atoms with van der Waals surface area (Å²) in [6.07, 6.45) is 10.4. The van der Waals surface area contributed by atoms with Crippen LogP contribution in [0.1, 0.15) is 93.6 Å².